The first-order valence-electron chi connectivity index (χ1n) is 11.3. The van der Waals surface area contributed by atoms with Gasteiger partial charge in [0.15, 0.2) is 5.82 Å². The molecule has 1 heterocycles. The van der Waals surface area contributed by atoms with Crippen LogP contribution in [-0.4, -0.2) is 47.7 Å². The van der Waals surface area contributed by atoms with E-state index in [0.717, 1.165) is 17.0 Å². The summed E-state index contributed by atoms with van der Waals surface area (Å²) >= 11 is 5.97. The fourth-order valence-corrected chi connectivity index (χ4v) is 3.53. The number of benzene rings is 3. The molecule has 36 heavy (non-hydrogen) atoms. The Hall–Kier alpha value is -4.08. The summed E-state index contributed by atoms with van der Waals surface area (Å²) in [6, 6.07) is 21.5. The summed E-state index contributed by atoms with van der Waals surface area (Å²) in [7, 11) is 1.62. The highest BCUT2D eigenvalue weighted by Gasteiger charge is 2.15. The van der Waals surface area contributed by atoms with Gasteiger partial charge in [-0.05, 0) is 73.7 Å². The van der Waals surface area contributed by atoms with Gasteiger partial charge in [0.05, 0.1) is 19.4 Å². The lowest BCUT2D eigenvalue weighted by atomic mass is 10.2. The van der Waals surface area contributed by atoms with Crippen molar-refractivity contribution in [1.29, 1.82) is 0 Å². The van der Waals surface area contributed by atoms with E-state index in [-0.39, 0.29) is 12.0 Å². The predicted octanol–water partition coefficient (Wildman–Crippen LogP) is 5.66. The van der Waals surface area contributed by atoms with Crippen LogP contribution in [0, 0.1) is 0 Å². The number of nitrogens with one attached hydrogen (secondary N) is 2. The molecule has 0 aliphatic carbocycles. The molecule has 0 saturated carbocycles. The molecule has 2 N–H and O–H groups in total. The Morgan fingerprint density at radius 1 is 0.972 bits per heavy atom. The Bertz CT molecular complexity index is 1290. The summed E-state index contributed by atoms with van der Waals surface area (Å²) in [4.78, 5) is 16.9. The molecule has 3 aromatic carbocycles. The SMILES string of the molecule is CCOCCOc1nc(-c2ccc(OC)cc2)n(-c2ccc(NC(=O)Nc3cccc(Cl)c3)cc2)n1. The maximum atomic E-state index is 12.4. The van der Waals surface area contributed by atoms with Crippen LogP contribution in [0.4, 0.5) is 16.2 Å². The average molecular weight is 508 g/mol. The zero-order chi connectivity index (χ0) is 25.3. The summed E-state index contributed by atoms with van der Waals surface area (Å²) in [5, 5.41) is 10.6. The normalized spacial score (nSPS) is 10.6. The van der Waals surface area contributed by atoms with Gasteiger partial charge in [-0.2, -0.15) is 4.98 Å². The van der Waals surface area contributed by atoms with Crippen molar-refractivity contribution in [3.05, 3.63) is 77.8 Å². The Kier molecular flexibility index (Phi) is 8.38. The van der Waals surface area contributed by atoms with E-state index in [0.29, 0.717) is 42.0 Å². The number of amides is 2. The van der Waals surface area contributed by atoms with Crippen LogP contribution in [0.5, 0.6) is 11.8 Å². The maximum Gasteiger partial charge on any atom is 0.336 e. The number of methoxy groups -OCH3 is 1. The number of rotatable bonds is 10. The third-order valence-corrected chi connectivity index (χ3v) is 5.29. The van der Waals surface area contributed by atoms with E-state index in [9.17, 15) is 4.79 Å². The molecule has 0 spiro atoms. The Morgan fingerprint density at radius 2 is 1.72 bits per heavy atom. The van der Waals surface area contributed by atoms with E-state index in [1.165, 1.54) is 0 Å². The van der Waals surface area contributed by atoms with E-state index in [4.69, 9.17) is 25.8 Å². The number of carbonyl (C=O) groups excluding carboxylic acids is 1. The lowest BCUT2D eigenvalue weighted by Crippen LogP contribution is -2.19. The van der Waals surface area contributed by atoms with Crippen molar-refractivity contribution in [1.82, 2.24) is 14.8 Å². The van der Waals surface area contributed by atoms with Crippen LogP contribution in [0.1, 0.15) is 6.92 Å². The van der Waals surface area contributed by atoms with Crippen LogP contribution in [0.15, 0.2) is 72.8 Å². The summed E-state index contributed by atoms with van der Waals surface area (Å²) in [6.45, 7) is 3.32. The maximum absolute atomic E-state index is 12.4. The zero-order valence-corrected chi connectivity index (χ0v) is 20.7. The van der Waals surface area contributed by atoms with Gasteiger partial charge in [-0.3, -0.25) is 0 Å². The molecule has 0 bridgehead atoms. The third-order valence-electron chi connectivity index (χ3n) is 5.05. The highest BCUT2D eigenvalue weighted by atomic mass is 35.5. The van der Waals surface area contributed by atoms with Crippen LogP contribution in [-0.2, 0) is 4.74 Å². The molecule has 0 aliphatic rings. The van der Waals surface area contributed by atoms with Crippen molar-refractivity contribution in [2.45, 2.75) is 6.92 Å². The minimum atomic E-state index is -0.380. The Balaban J connectivity index is 1.52. The lowest BCUT2D eigenvalue weighted by Gasteiger charge is -2.10. The van der Waals surface area contributed by atoms with Gasteiger partial charge >= 0.3 is 12.0 Å². The summed E-state index contributed by atoms with van der Waals surface area (Å²) < 4.78 is 18.0. The van der Waals surface area contributed by atoms with E-state index < -0.39 is 0 Å². The summed E-state index contributed by atoms with van der Waals surface area (Å²) in [6.07, 6.45) is 0. The van der Waals surface area contributed by atoms with Crippen LogP contribution in [0.2, 0.25) is 5.02 Å². The molecule has 10 heteroatoms. The number of hydrogen-bond acceptors (Lipinski definition) is 6. The van der Waals surface area contributed by atoms with Gasteiger partial charge < -0.3 is 24.8 Å². The monoisotopic (exact) mass is 507 g/mol. The highest BCUT2D eigenvalue weighted by Crippen LogP contribution is 2.26. The van der Waals surface area contributed by atoms with Gasteiger partial charge in [-0.25, -0.2) is 9.48 Å². The van der Waals surface area contributed by atoms with E-state index in [2.05, 4.69) is 20.7 Å². The van der Waals surface area contributed by atoms with Gasteiger partial charge in [-0.1, -0.05) is 17.7 Å². The first-order valence-corrected chi connectivity index (χ1v) is 11.7. The molecule has 2 amide bonds. The van der Waals surface area contributed by atoms with Gasteiger partial charge in [-0.15, -0.1) is 5.10 Å². The van der Waals surface area contributed by atoms with E-state index in [1.54, 1.807) is 48.2 Å². The second-order valence-corrected chi connectivity index (χ2v) is 7.98. The number of carbonyl (C=O) groups is 1. The second kappa shape index (κ2) is 12.1. The number of urea groups is 1. The second-order valence-electron chi connectivity index (χ2n) is 7.54. The third kappa shape index (κ3) is 6.53. The molecule has 4 rings (SSSR count). The molecule has 0 radical (unpaired) electrons. The van der Waals surface area contributed by atoms with Crippen LogP contribution in [0.3, 0.4) is 0 Å². The first kappa shape index (κ1) is 25.0. The van der Waals surface area contributed by atoms with E-state index in [1.807, 2.05) is 43.3 Å². The fourth-order valence-electron chi connectivity index (χ4n) is 3.34. The molecule has 0 saturated heterocycles. The van der Waals surface area contributed by atoms with Crippen LogP contribution >= 0.6 is 11.6 Å². The minimum Gasteiger partial charge on any atom is -0.497 e. The minimum absolute atomic E-state index is 0.239. The van der Waals surface area contributed by atoms with Crippen molar-refractivity contribution in [2.75, 3.05) is 37.6 Å². The Labute approximate surface area is 214 Å². The number of anilines is 2. The molecule has 9 nitrogen and oxygen atoms in total. The standard InChI is InChI=1S/C26H26ClN5O4/c1-3-35-15-16-36-26-30-24(18-7-13-23(34-2)14-8-18)32(31-26)22-11-9-20(10-12-22)28-25(33)29-21-6-4-5-19(27)17-21/h4-14,17H,3,15-16H2,1-2H3,(H2,28,29,33). The molecular formula is C26H26ClN5O4. The summed E-state index contributed by atoms with van der Waals surface area (Å²) in [5.74, 6) is 1.34. The van der Waals surface area contributed by atoms with Gasteiger partial charge in [0.2, 0.25) is 0 Å². The van der Waals surface area contributed by atoms with Crippen LogP contribution in [0.25, 0.3) is 17.1 Å². The average Bonchev–Trinajstić information content (AvgIpc) is 3.31. The fraction of sp³-hybridized carbons (Fsp3) is 0.192. The van der Waals surface area contributed by atoms with Gasteiger partial charge in [0.25, 0.3) is 0 Å². The van der Waals surface area contributed by atoms with Crippen molar-refractivity contribution in [2.24, 2.45) is 0 Å². The number of aromatic nitrogens is 3. The number of hydrogen-bond donors (Lipinski definition) is 2. The quantitative estimate of drug-likeness (QED) is 0.269. The van der Waals surface area contributed by atoms with Crippen molar-refractivity contribution < 1.29 is 19.0 Å². The molecule has 4 aromatic rings. The number of nitrogens with zero attached hydrogens (tertiary/aromatic N) is 3. The van der Waals surface area contributed by atoms with Crippen molar-refractivity contribution in [3.8, 4) is 28.8 Å². The van der Waals surface area contributed by atoms with Gasteiger partial charge in [0.1, 0.15) is 12.4 Å². The summed E-state index contributed by atoms with van der Waals surface area (Å²) in [5.41, 5.74) is 2.79. The molecule has 0 atom stereocenters. The highest BCUT2D eigenvalue weighted by molar-refractivity contribution is 6.30. The predicted molar refractivity (Wildman–Crippen MR) is 139 cm³/mol. The largest absolute Gasteiger partial charge is 0.497 e. The number of halogens is 1. The van der Waals surface area contributed by atoms with Gasteiger partial charge in [0, 0.05) is 28.6 Å². The topological polar surface area (TPSA) is 99.5 Å². The van der Waals surface area contributed by atoms with Crippen LogP contribution < -0.4 is 20.1 Å². The molecule has 0 fully saturated rings. The van der Waals surface area contributed by atoms with Crippen molar-refractivity contribution >= 4 is 29.0 Å². The van der Waals surface area contributed by atoms with E-state index >= 15 is 0 Å². The molecule has 0 aliphatic heterocycles. The lowest BCUT2D eigenvalue weighted by molar-refractivity contribution is 0.106. The first-order chi connectivity index (χ1) is 17.6. The smallest absolute Gasteiger partial charge is 0.336 e. The van der Waals surface area contributed by atoms with Crippen molar-refractivity contribution in [3.63, 3.8) is 0 Å². The molecule has 186 valence electrons. The number of ether oxygens (including phenoxy) is 3. The zero-order valence-electron chi connectivity index (χ0n) is 19.9. The molecule has 0 unspecified atom stereocenters. The Morgan fingerprint density at radius 3 is 2.42 bits per heavy atom. The molecule has 1 aromatic heterocycles. The molecular weight excluding hydrogens is 482 g/mol.